The van der Waals surface area contributed by atoms with E-state index >= 15 is 0 Å². The molecule has 10 nitrogen and oxygen atoms in total. The van der Waals surface area contributed by atoms with Gasteiger partial charge in [-0.2, -0.15) is 0 Å². The predicted molar refractivity (Wildman–Crippen MR) is 235 cm³/mol. The summed E-state index contributed by atoms with van der Waals surface area (Å²) >= 11 is 0. The van der Waals surface area contributed by atoms with Crippen LogP contribution in [-0.4, -0.2) is 60.5 Å². The van der Waals surface area contributed by atoms with Crippen molar-refractivity contribution in [1.29, 1.82) is 0 Å². The first-order valence-electron chi connectivity index (χ1n) is 21.6. The molecule has 0 bridgehead atoms. The quantitative estimate of drug-likeness (QED) is 0.0235. The van der Waals surface area contributed by atoms with E-state index in [1.807, 2.05) is 0 Å². The molecule has 3 unspecified atom stereocenters. The van der Waals surface area contributed by atoms with Gasteiger partial charge in [-0.3, -0.25) is 18.6 Å². The van der Waals surface area contributed by atoms with Crippen LogP contribution in [-0.2, 0) is 32.7 Å². The Bertz CT molecular complexity index is 1220. The van der Waals surface area contributed by atoms with Gasteiger partial charge >= 0.3 is 19.8 Å². The summed E-state index contributed by atoms with van der Waals surface area (Å²) in [7, 11) is -4.63. The number of phosphoric acid groups is 1. The zero-order chi connectivity index (χ0) is 41.9. The van der Waals surface area contributed by atoms with Gasteiger partial charge < -0.3 is 25.2 Å². The summed E-state index contributed by atoms with van der Waals surface area (Å²) in [5.74, 6) is -1.81. The maximum atomic E-state index is 12.6. The second-order valence-corrected chi connectivity index (χ2v) is 15.5. The number of rotatable bonds is 40. The van der Waals surface area contributed by atoms with Crippen molar-refractivity contribution in [1.82, 2.24) is 0 Å². The van der Waals surface area contributed by atoms with Crippen LogP contribution in [0.4, 0.5) is 0 Å². The molecule has 0 heterocycles. The van der Waals surface area contributed by atoms with Crippen LogP contribution in [0.1, 0.15) is 155 Å². The van der Waals surface area contributed by atoms with E-state index in [9.17, 15) is 19.0 Å². The number of carboxylic acid groups (broad SMARTS) is 1. The highest BCUT2D eigenvalue weighted by atomic mass is 31.2. The van der Waals surface area contributed by atoms with Gasteiger partial charge in [0, 0.05) is 13.0 Å². The van der Waals surface area contributed by atoms with Crippen LogP contribution in [0.15, 0.2) is 85.1 Å². The first kappa shape index (κ1) is 54.2. The maximum absolute atomic E-state index is 12.6. The van der Waals surface area contributed by atoms with Crippen LogP contribution in [0.2, 0.25) is 0 Å². The molecule has 0 aromatic carbocycles. The second kappa shape index (κ2) is 41.3. The molecule has 11 heteroatoms. The number of ether oxygens (including phenoxy) is 2. The topological polar surface area (TPSA) is 155 Å². The summed E-state index contributed by atoms with van der Waals surface area (Å²) < 4.78 is 33.3. The highest BCUT2D eigenvalue weighted by Crippen LogP contribution is 2.43. The van der Waals surface area contributed by atoms with Crippen LogP contribution < -0.4 is 5.73 Å². The average Bonchev–Trinajstić information content (AvgIpc) is 3.19. The summed E-state index contributed by atoms with van der Waals surface area (Å²) in [6.07, 6.45) is 52.1. The molecule has 4 N–H and O–H groups in total. The number of carbonyl (C=O) groups is 2. The van der Waals surface area contributed by atoms with Gasteiger partial charge in [0.25, 0.3) is 0 Å². The summed E-state index contributed by atoms with van der Waals surface area (Å²) in [4.78, 5) is 33.5. The number of nitrogens with two attached hydrogens (primary N) is 1. The highest BCUT2D eigenvalue weighted by molar-refractivity contribution is 7.47. The molecule has 0 fully saturated rings. The first-order valence-corrected chi connectivity index (χ1v) is 23.1. The minimum Gasteiger partial charge on any atom is -0.480 e. The minimum atomic E-state index is -4.63. The number of aliphatic carboxylic acids is 1. The fraction of sp³-hybridized carbons (Fsp3) is 0.652. The molecule has 0 aromatic heterocycles. The number of allylic oxidation sites excluding steroid dienone is 14. The molecule has 3 atom stereocenters. The van der Waals surface area contributed by atoms with E-state index in [0.717, 1.165) is 89.9 Å². The molecule has 0 saturated carbocycles. The Morgan fingerprint density at radius 2 is 1.02 bits per heavy atom. The summed E-state index contributed by atoms with van der Waals surface area (Å²) in [5, 5.41) is 8.89. The third kappa shape index (κ3) is 41.1. The van der Waals surface area contributed by atoms with Crippen LogP contribution in [0.5, 0.6) is 0 Å². The van der Waals surface area contributed by atoms with E-state index < -0.39 is 45.1 Å². The minimum absolute atomic E-state index is 0.00327. The van der Waals surface area contributed by atoms with Crippen molar-refractivity contribution in [3.8, 4) is 0 Å². The molecule has 0 amide bonds. The zero-order valence-corrected chi connectivity index (χ0v) is 36.3. The number of carboxylic acids is 1. The van der Waals surface area contributed by atoms with Gasteiger partial charge in [0.2, 0.25) is 0 Å². The zero-order valence-electron chi connectivity index (χ0n) is 35.4. The Morgan fingerprint density at radius 1 is 0.579 bits per heavy atom. The van der Waals surface area contributed by atoms with Crippen molar-refractivity contribution in [2.75, 3.05) is 26.4 Å². The fourth-order valence-electron chi connectivity index (χ4n) is 5.29. The molecular weight excluding hydrogens is 741 g/mol. The number of hydrogen-bond donors (Lipinski definition) is 3. The van der Waals surface area contributed by atoms with Crippen LogP contribution in [0, 0.1) is 0 Å². The number of carbonyl (C=O) groups excluding carboxylic acids is 1. The SMILES string of the molecule is CC/C=C\C/C=C\C/C=C\C/C=C\C/C=C\C/C=C\CCCCCCC(=O)OC(COCCCCCCCC/C=C\CCCC)COP(=O)(O)OCC(N)C(=O)O. The maximum Gasteiger partial charge on any atom is 0.472 e. The van der Waals surface area contributed by atoms with Crippen molar-refractivity contribution in [2.24, 2.45) is 5.73 Å². The van der Waals surface area contributed by atoms with E-state index in [0.29, 0.717) is 13.0 Å². The molecule has 0 aromatic rings. The second-order valence-electron chi connectivity index (χ2n) is 14.1. The van der Waals surface area contributed by atoms with Crippen LogP contribution in [0.3, 0.4) is 0 Å². The van der Waals surface area contributed by atoms with E-state index in [4.69, 9.17) is 29.4 Å². The number of hydrogen-bond acceptors (Lipinski definition) is 8. The van der Waals surface area contributed by atoms with Crippen molar-refractivity contribution in [3.05, 3.63) is 85.1 Å². The molecule has 0 radical (unpaired) electrons. The van der Waals surface area contributed by atoms with Gasteiger partial charge in [-0.1, -0.05) is 150 Å². The Labute approximate surface area is 346 Å². The van der Waals surface area contributed by atoms with Gasteiger partial charge in [0.05, 0.1) is 19.8 Å². The van der Waals surface area contributed by atoms with Crippen LogP contribution >= 0.6 is 7.82 Å². The van der Waals surface area contributed by atoms with E-state index in [1.165, 1.54) is 38.5 Å². The Kier molecular flexibility index (Phi) is 39.2. The van der Waals surface area contributed by atoms with Crippen molar-refractivity contribution >= 4 is 19.8 Å². The van der Waals surface area contributed by atoms with E-state index in [-0.39, 0.29) is 13.0 Å². The number of esters is 1. The average molecular weight is 820 g/mol. The van der Waals surface area contributed by atoms with Gasteiger partial charge in [-0.15, -0.1) is 0 Å². The molecular formula is C46H78NO9P. The molecule has 0 aliphatic heterocycles. The standard InChI is InChI=1S/C46H78NO9P/c1-3-5-7-9-11-13-15-17-18-19-20-21-22-23-24-25-26-27-28-30-32-34-36-38-45(48)56-43(41-54-57(51,52)55-42-44(47)46(49)50)40-53-39-37-35-33-31-29-16-14-12-10-8-6-4-2/h5,7,10-13,17-18,20-21,23-24,26-27,43-44H,3-4,6,8-9,14-16,19,22,25,28-42,47H2,1-2H3,(H,49,50)(H,51,52)/b7-5-,12-10-,13-11-,18-17-,21-20-,24-23-,27-26-. The predicted octanol–water partition coefficient (Wildman–Crippen LogP) is 12.0. The smallest absolute Gasteiger partial charge is 0.472 e. The Hall–Kier alpha value is -2.85. The lowest BCUT2D eigenvalue weighted by Crippen LogP contribution is -2.34. The monoisotopic (exact) mass is 820 g/mol. The summed E-state index contributed by atoms with van der Waals surface area (Å²) in [6.45, 7) is 3.66. The lowest BCUT2D eigenvalue weighted by molar-refractivity contribution is -0.154. The molecule has 0 saturated heterocycles. The number of phosphoric ester groups is 1. The van der Waals surface area contributed by atoms with Gasteiger partial charge in [-0.05, 0) is 83.5 Å². The first-order chi connectivity index (χ1) is 27.7. The van der Waals surface area contributed by atoms with Gasteiger partial charge in [-0.25, -0.2) is 4.57 Å². The molecule has 57 heavy (non-hydrogen) atoms. The molecule has 0 rings (SSSR count). The molecule has 0 aliphatic carbocycles. The molecule has 326 valence electrons. The van der Waals surface area contributed by atoms with Gasteiger partial charge in [0.15, 0.2) is 0 Å². The highest BCUT2D eigenvalue weighted by Gasteiger charge is 2.27. The number of unbranched alkanes of at least 4 members (excludes halogenated alkanes) is 12. The molecule has 0 aliphatic rings. The van der Waals surface area contributed by atoms with Crippen molar-refractivity contribution in [3.63, 3.8) is 0 Å². The molecule has 0 spiro atoms. The summed E-state index contributed by atoms with van der Waals surface area (Å²) in [5.41, 5.74) is 5.35. The van der Waals surface area contributed by atoms with E-state index in [1.54, 1.807) is 0 Å². The largest absolute Gasteiger partial charge is 0.480 e. The van der Waals surface area contributed by atoms with Gasteiger partial charge in [0.1, 0.15) is 12.1 Å². The Morgan fingerprint density at radius 3 is 1.54 bits per heavy atom. The third-order valence-corrected chi connectivity index (χ3v) is 9.61. The Balaban J connectivity index is 4.30. The van der Waals surface area contributed by atoms with Crippen molar-refractivity contribution in [2.45, 2.75) is 167 Å². The summed E-state index contributed by atoms with van der Waals surface area (Å²) in [6, 6.07) is -1.48. The van der Waals surface area contributed by atoms with E-state index in [2.05, 4.69) is 98.9 Å². The van der Waals surface area contributed by atoms with Crippen LogP contribution in [0.25, 0.3) is 0 Å². The lowest BCUT2D eigenvalue weighted by atomic mass is 10.1. The normalized spacial score (nSPS) is 14.7. The van der Waals surface area contributed by atoms with Crippen molar-refractivity contribution < 1.29 is 42.7 Å². The lowest BCUT2D eigenvalue weighted by Gasteiger charge is -2.20. The fourth-order valence-corrected chi connectivity index (χ4v) is 6.07. The third-order valence-electron chi connectivity index (χ3n) is 8.66.